The molecule has 0 amide bonds. The second-order valence-corrected chi connectivity index (χ2v) is 11.2. The summed E-state index contributed by atoms with van der Waals surface area (Å²) >= 11 is 0. The van der Waals surface area contributed by atoms with Crippen LogP contribution in [0, 0.1) is 5.41 Å². The molecule has 2 atom stereocenters. The third-order valence-corrected chi connectivity index (χ3v) is 8.15. The van der Waals surface area contributed by atoms with Gasteiger partial charge in [0.2, 0.25) is 0 Å². The standard InChI is InChI=1S/C30H49F3N6.2H2S/c1-3-5-7-8-10-19-39-27(15-6-4-2)23-37(29(39)35)18-11-9-16-26-22-36-28(34)38(26)20-17-24-13-12-14-25(21-24)30(31,32)33;;/h12-14,21,26-27,35H,3-11,15-20,22-23H2,1-2H3,(H2,34,36);2*1H2/t26-,27-;;/m0../s1. The molecule has 2 heterocycles. The lowest BCUT2D eigenvalue weighted by Crippen LogP contribution is -2.42. The lowest BCUT2D eigenvalue weighted by molar-refractivity contribution is -0.137. The number of nitrogens with zero attached hydrogens (tertiary/aromatic N) is 4. The molecule has 41 heavy (non-hydrogen) atoms. The Hall–Kier alpha value is -1.75. The van der Waals surface area contributed by atoms with E-state index in [0.717, 1.165) is 57.8 Å². The van der Waals surface area contributed by atoms with Crippen LogP contribution in [0.1, 0.15) is 95.6 Å². The summed E-state index contributed by atoms with van der Waals surface area (Å²) in [7, 11) is 0. The number of hydrogen-bond acceptors (Lipinski definition) is 4. The summed E-state index contributed by atoms with van der Waals surface area (Å²) in [6.45, 7) is 8.50. The number of unbranched alkanes of at least 4 members (excludes halogenated alkanes) is 6. The first-order valence-corrected chi connectivity index (χ1v) is 15.1. The van der Waals surface area contributed by atoms with Crippen LogP contribution >= 0.6 is 27.0 Å². The van der Waals surface area contributed by atoms with Crippen LogP contribution in [0.3, 0.4) is 0 Å². The first-order chi connectivity index (χ1) is 18.7. The molecule has 0 spiro atoms. The van der Waals surface area contributed by atoms with Gasteiger partial charge in [-0.3, -0.25) is 10.4 Å². The minimum Gasteiger partial charge on any atom is -0.370 e. The first-order valence-electron chi connectivity index (χ1n) is 15.1. The predicted octanol–water partition coefficient (Wildman–Crippen LogP) is 6.72. The molecule has 236 valence electrons. The summed E-state index contributed by atoms with van der Waals surface area (Å²) in [4.78, 5) is 11.1. The van der Waals surface area contributed by atoms with E-state index in [1.807, 2.05) is 0 Å². The van der Waals surface area contributed by atoms with Gasteiger partial charge in [-0.2, -0.15) is 40.2 Å². The number of hydrogen-bond donors (Lipinski definition) is 2. The zero-order chi connectivity index (χ0) is 28.3. The minimum atomic E-state index is -4.33. The number of rotatable bonds is 17. The average Bonchev–Trinajstić information content (AvgIpc) is 3.41. The van der Waals surface area contributed by atoms with Crippen molar-refractivity contribution >= 4 is 38.9 Å². The molecule has 11 heteroatoms. The molecule has 1 aromatic carbocycles. The Morgan fingerprint density at radius 2 is 1.56 bits per heavy atom. The quantitative estimate of drug-likeness (QED) is 0.190. The summed E-state index contributed by atoms with van der Waals surface area (Å²) in [5.41, 5.74) is 6.19. The number of aliphatic imine (C=N–C) groups is 1. The monoisotopic (exact) mass is 618 g/mol. The molecule has 0 saturated carbocycles. The Bertz CT molecular complexity index is 930. The van der Waals surface area contributed by atoms with Crippen LogP contribution in [0.5, 0.6) is 0 Å². The fraction of sp³-hybridized carbons (Fsp3) is 0.733. The molecule has 1 saturated heterocycles. The largest absolute Gasteiger partial charge is 0.416 e. The van der Waals surface area contributed by atoms with Crippen molar-refractivity contribution < 1.29 is 13.2 Å². The molecule has 0 aliphatic carbocycles. The Balaban J connectivity index is 0.00000420. The fourth-order valence-electron chi connectivity index (χ4n) is 5.81. The highest BCUT2D eigenvalue weighted by atomic mass is 32.1. The van der Waals surface area contributed by atoms with E-state index in [-0.39, 0.29) is 33.0 Å². The maximum absolute atomic E-state index is 13.1. The molecule has 0 radical (unpaired) electrons. The molecule has 0 bridgehead atoms. The summed E-state index contributed by atoms with van der Waals surface area (Å²) in [6.07, 6.45) is 8.90. The topological polar surface area (TPSA) is 72.0 Å². The van der Waals surface area contributed by atoms with Crippen molar-refractivity contribution in [3.8, 4) is 0 Å². The van der Waals surface area contributed by atoms with Crippen molar-refractivity contribution in [3.63, 3.8) is 0 Å². The van der Waals surface area contributed by atoms with Gasteiger partial charge in [0.05, 0.1) is 18.2 Å². The van der Waals surface area contributed by atoms with E-state index in [4.69, 9.17) is 11.1 Å². The van der Waals surface area contributed by atoms with E-state index in [1.165, 1.54) is 50.7 Å². The third-order valence-electron chi connectivity index (χ3n) is 8.15. The van der Waals surface area contributed by atoms with Crippen LogP contribution in [0.25, 0.3) is 0 Å². The summed E-state index contributed by atoms with van der Waals surface area (Å²) < 4.78 is 39.2. The van der Waals surface area contributed by atoms with E-state index in [0.29, 0.717) is 43.0 Å². The summed E-state index contributed by atoms with van der Waals surface area (Å²) in [5, 5.41) is 8.84. The maximum Gasteiger partial charge on any atom is 0.416 e. The summed E-state index contributed by atoms with van der Waals surface area (Å²) in [5.74, 6) is 1.18. The molecule has 2 aliphatic heterocycles. The van der Waals surface area contributed by atoms with Crippen LogP contribution in [0.15, 0.2) is 29.3 Å². The van der Waals surface area contributed by atoms with E-state index in [2.05, 4.69) is 33.5 Å². The van der Waals surface area contributed by atoms with E-state index >= 15 is 0 Å². The van der Waals surface area contributed by atoms with Crippen LogP contribution in [-0.4, -0.2) is 71.4 Å². The Kier molecular flexibility index (Phi) is 17.0. The van der Waals surface area contributed by atoms with Crippen LogP contribution in [0.4, 0.5) is 13.2 Å². The third kappa shape index (κ3) is 11.5. The van der Waals surface area contributed by atoms with Crippen molar-refractivity contribution in [1.82, 2.24) is 14.7 Å². The number of nitrogens with one attached hydrogen (secondary N) is 1. The van der Waals surface area contributed by atoms with Crippen molar-refractivity contribution in [2.45, 2.75) is 109 Å². The minimum absolute atomic E-state index is 0. The van der Waals surface area contributed by atoms with E-state index in [1.54, 1.807) is 6.07 Å². The molecule has 1 aromatic rings. The van der Waals surface area contributed by atoms with Crippen molar-refractivity contribution in [1.29, 1.82) is 5.41 Å². The number of alkyl halides is 3. The average molecular weight is 619 g/mol. The first kappa shape index (κ1) is 37.3. The molecule has 0 aromatic heterocycles. The Morgan fingerprint density at radius 1 is 0.878 bits per heavy atom. The van der Waals surface area contributed by atoms with Crippen LogP contribution in [0.2, 0.25) is 0 Å². The summed E-state index contributed by atoms with van der Waals surface area (Å²) in [6, 6.07) is 6.18. The van der Waals surface area contributed by atoms with Gasteiger partial charge in [0.15, 0.2) is 11.9 Å². The highest BCUT2D eigenvalue weighted by Crippen LogP contribution is 2.30. The number of guanidine groups is 2. The fourth-order valence-corrected chi connectivity index (χ4v) is 5.81. The van der Waals surface area contributed by atoms with Gasteiger partial charge in [0, 0.05) is 32.2 Å². The molecule has 3 N–H and O–H groups in total. The van der Waals surface area contributed by atoms with Crippen molar-refractivity contribution in [2.24, 2.45) is 10.7 Å². The van der Waals surface area contributed by atoms with Gasteiger partial charge in [0.25, 0.3) is 0 Å². The lowest BCUT2D eigenvalue weighted by atomic mass is 10.1. The van der Waals surface area contributed by atoms with Gasteiger partial charge in [-0.15, -0.1) is 0 Å². The van der Waals surface area contributed by atoms with Gasteiger partial charge in [-0.05, 0) is 50.2 Å². The molecule has 3 rings (SSSR count). The number of nitrogens with two attached hydrogens (primary N) is 1. The SMILES string of the molecule is CCCCCCCN1C(=N)N(CCCC[C@H]2CN=C(N)N2CCc2cccc(C(F)(F)F)c2)C[C@@H]1CCCC.S.S. The van der Waals surface area contributed by atoms with E-state index < -0.39 is 11.7 Å². The van der Waals surface area contributed by atoms with Gasteiger partial charge >= 0.3 is 6.18 Å². The molecule has 2 aliphatic rings. The second-order valence-electron chi connectivity index (χ2n) is 11.2. The zero-order valence-electron chi connectivity index (χ0n) is 25.0. The Labute approximate surface area is 259 Å². The normalized spacial score (nSPS) is 18.9. The van der Waals surface area contributed by atoms with Crippen LogP contribution < -0.4 is 5.73 Å². The lowest BCUT2D eigenvalue weighted by Gasteiger charge is -2.27. The second kappa shape index (κ2) is 18.7. The molecular formula is C30H53F3N6S2. The van der Waals surface area contributed by atoms with E-state index in [9.17, 15) is 13.2 Å². The van der Waals surface area contributed by atoms with Crippen LogP contribution in [-0.2, 0) is 12.6 Å². The van der Waals surface area contributed by atoms with Gasteiger partial charge in [-0.25, -0.2) is 0 Å². The van der Waals surface area contributed by atoms with Gasteiger partial charge in [-0.1, -0.05) is 70.6 Å². The Morgan fingerprint density at radius 3 is 2.27 bits per heavy atom. The van der Waals surface area contributed by atoms with Crippen molar-refractivity contribution in [2.75, 3.05) is 32.7 Å². The zero-order valence-corrected chi connectivity index (χ0v) is 27.0. The molecule has 6 nitrogen and oxygen atoms in total. The predicted molar refractivity (Wildman–Crippen MR) is 175 cm³/mol. The van der Waals surface area contributed by atoms with Gasteiger partial charge in [0.1, 0.15) is 0 Å². The number of benzene rings is 1. The molecular weight excluding hydrogens is 566 g/mol. The maximum atomic E-state index is 13.1. The highest BCUT2D eigenvalue weighted by Gasteiger charge is 2.33. The molecule has 0 unspecified atom stereocenters. The van der Waals surface area contributed by atoms with Gasteiger partial charge < -0.3 is 20.4 Å². The van der Waals surface area contributed by atoms with Crippen molar-refractivity contribution in [3.05, 3.63) is 35.4 Å². The molecule has 1 fully saturated rings. The highest BCUT2D eigenvalue weighted by molar-refractivity contribution is 7.59. The smallest absolute Gasteiger partial charge is 0.370 e. The number of halogens is 3.